The molecule has 0 radical (unpaired) electrons. The molecule has 1 aliphatic heterocycles. The average molecular weight is 309 g/mol. The fourth-order valence-corrected chi connectivity index (χ4v) is 2.48. The molecule has 1 unspecified atom stereocenters. The Hall–Kier alpha value is -1.92. The monoisotopic (exact) mass is 308 g/mol. The van der Waals surface area contributed by atoms with Gasteiger partial charge in [0.15, 0.2) is 5.69 Å². The summed E-state index contributed by atoms with van der Waals surface area (Å²) in [7, 11) is 0. The molecule has 1 fully saturated rings. The second kappa shape index (κ2) is 6.24. The number of para-hydroxylation sites is 1. The molecule has 2 N–H and O–H groups in total. The highest BCUT2D eigenvalue weighted by Crippen LogP contribution is 2.08. The number of H-pyrrole nitrogens is 1. The van der Waals surface area contributed by atoms with Gasteiger partial charge in [-0.2, -0.15) is 5.10 Å². The highest BCUT2D eigenvalue weighted by atomic mass is 35.5. The molecule has 1 amide bonds. The Morgan fingerprint density at radius 2 is 2.14 bits per heavy atom. The van der Waals surface area contributed by atoms with Gasteiger partial charge in [-0.1, -0.05) is 12.1 Å². The summed E-state index contributed by atoms with van der Waals surface area (Å²) >= 11 is 0. The fourth-order valence-electron chi connectivity index (χ4n) is 2.48. The number of aromatic amines is 1. The average Bonchev–Trinajstić information content (AvgIpc) is 2.47. The molecule has 1 aliphatic rings. The Labute approximate surface area is 127 Å². The highest BCUT2D eigenvalue weighted by molar-refractivity contribution is 5.95. The van der Waals surface area contributed by atoms with Gasteiger partial charge in [0.2, 0.25) is 5.43 Å². The maximum Gasteiger partial charge on any atom is 0.278 e. The third-order valence-corrected chi connectivity index (χ3v) is 3.53. The van der Waals surface area contributed by atoms with Gasteiger partial charge >= 0.3 is 0 Å². The van der Waals surface area contributed by atoms with Gasteiger partial charge in [-0.3, -0.25) is 14.7 Å². The van der Waals surface area contributed by atoms with Crippen LogP contribution >= 0.6 is 12.4 Å². The van der Waals surface area contributed by atoms with Crippen molar-refractivity contribution in [1.82, 2.24) is 20.4 Å². The molecule has 1 saturated heterocycles. The van der Waals surface area contributed by atoms with Crippen molar-refractivity contribution in [2.24, 2.45) is 0 Å². The molecular formula is C14H17ClN4O2. The lowest BCUT2D eigenvalue weighted by molar-refractivity contribution is 0.0701. The summed E-state index contributed by atoms with van der Waals surface area (Å²) in [5.74, 6) is -0.301. The van der Waals surface area contributed by atoms with E-state index in [-0.39, 0.29) is 35.5 Å². The Balaban J connectivity index is 0.00000161. The SMILES string of the molecule is CC1CN(C(=O)c2n[nH]c3ccccc3c2=O)CCN1.Cl. The first-order valence-electron chi connectivity index (χ1n) is 6.67. The van der Waals surface area contributed by atoms with Gasteiger partial charge in [-0.15, -0.1) is 12.4 Å². The van der Waals surface area contributed by atoms with Gasteiger partial charge in [0.05, 0.1) is 5.52 Å². The molecule has 0 saturated carbocycles. The van der Waals surface area contributed by atoms with Crippen LogP contribution in [-0.2, 0) is 0 Å². The maximum atomic E-state index is 12.4. The van der Waals surface area contributed by atoms with Crippen molar-refractivity contribution in [3.63, 3.8) is 0 Å². The first-order chi connectivity index (χ1) is 9.66. The first kappa shape index (κ1) is 15.5. The van der Waals surface area contributed by atoms with Gasteiger partial charge < -0.3 is 10.2 Å². The van der Waals surface area contributed by atoms with E-state index in [1.54, 1.807) is 23.1 Å². The molecule has 2 aromatic rings. The number of halogens is 1. The van der Waals surface area contributed by atoms with Crippen molar-refractivity contribution in [2.45, 2.75) is 13.0 Å². The third-order valence-electron chi connectivity index (χ3n) is 3.53. The van der Waals surface area contributed by atoms with Crippen LogP contribution in [0.25, 0.3) is 10.9 Å². The number of aromatic nitrogens is 2. The van der Waals surface area contributed by atoms with Crippen LogP contribution in [0, 0.1) is 0 Å². The van der Waals surface area contributed by atoms with Crippen LogP contribution in [0.3, 0.4) is 0 Å². The number of carbonyl (C=O) groups excluding carboxylic acids is 1. The minimum Gasteiger partial charge on any atom is -0.334 e. The van der Waals surface area contributed by atoms with Gasteiger partial charge in [0.1, 0.15) is 0 Å². The second-order valence-corrected chi connectivity index (χ2v) is 5.05. The van der Waals surface area contributed by atoms with E-state index < -0.39 is 0 Å². The molecule has 21 heavy (non-hydrogen) atoms. The second-order valence-electron chi connectivity index (χ2n) is 5.05. The molecule has 0 spiro atoms. The number of piperazine rings is 1. The molecule has 0 bridgehead atoms. The van der Waals surface area contributed by atoms with Crippen molar-refractivity contribution < 1.29 is 4.79 Å². The molecule has 1 aromatic carbocycles. The predicted molar refractivity (Wildman–Crippen MR) is 83.0 cm³/mol. The van der Waals surface area contributed by atoms with E-state index in [2.05, 4.69) is 15.5 Å². The standard InChI is InChI=1S/C14H16N4O2.ClH/c1-9-8-18(7-6-15-9)14(20)12-13(19)10-4-2-3-5-11(10)16-17-12;/h2-5,9,15H,6-8H2,1H3,(H,16,19);1H. The van der Waals surface area contributed by atoms with E-state index >= 15 is 0 Å². The summed E-state index contributed by atoms with van der Waals surface area (Å²) in [5.41, 5.74) is 0.302. The number of fused-ring (bicyclic) bond motifs is 1. The smallest absolute Gasteiger partial charge is 0.278 e. The number of hydrogen-bond acceptors (Lipinski definition) is 4. The van der Waals surface area contributed by atoms with Crippen LogP contribution in [0.2, 0.25) is 0 Å². The Kier molecular flexibility index (Phi) is 4.59. The van der Waals surface area contributed by atoms with E-state index in [9.17, 15) is 9.59 Å². The molecule has 0 aliphatic carbocycles. The first-order valence-corrected chi connectivity index (χ1v) is 6.67. The Morgan fingerprint density at radius 1 is 1.38 bits per heavy atom. The number of hydrogen-bond donors (Lipinski definition) is 2. The van der Waals surface area contributed by atoms with E-state index in [0.717, 1.165) is 6.54 Å². The molecule has 2 heterocycles. The van der Waals surface area contributed by atoms with Crippen molar-refractivity contribution in [1.29, 1.82) is 0 Å². The van der Waals surface area contributed by atoms with Crippen molar-refractivity contribution in [3.8, 4) is 0 Å². The molecule has 1 aromatic heterocycles. The molecule has 1 atom stereocenters. The minimum atomic E-state index is -0.310. The summed E-state index contributed by atoms with van der Waals surface area (Å²) in [4.78, 5) is 26.4. The lowest BCUT2D eigenvalue weighted by atomic mass is 10.1. The Morgan fingerprint density at radius 3 is 2.90 bits per heavy atom. The van der Waals surface area contributed by atoms with E-state index in [0.29, 0.717) is 24.0 Å². The molecule has 112 valence electrons. The van der Waals surface area contributed by atoms with Gasteiger partial charge in [-0.05, 0) is 19.1 Å². The van der Waals surface area contributed by atoms with E-state index in [1.807, 2.05) is 13.0 Å². The van der Waals surface area contributed by atoms with Crippen LogP contribution < -0.4 is 10.7 Å². The van der Waals surface area contributed by atoms with E-state index in [1.165, 1.54) is 0 Å². The number of nitrogens with zero attached hydrogens (tertiary/aromatic N) is 2. The summed E-state index contributed by atoms with van der Waals surface area (Å²) in [5, 5.41) is 10.5. The van der Waals surface area contributed by atoms with Gasteiger partial charge in [-0.25, -0.2) is 0 Å². The fraction of sp³-hybridized carbons (Fsp3) is 0.357. The van der Waals surface area contributed by atoms with Crippen LogP contribution in [0.5, 0.6) is 0 Å². The number of carbonyl (C=O) groups is 1. The van der Waals surface area contributed by atoms with Gasteiger partial charge in [0, 0.05) is 31.1 Å². The lowest BCUT2D eigenvalue weighted by Gasteiger charge is -2.31. The third kappa shape index (κ3) is 2.91. The zero-order valence-corrected chi connectivity index (χ0v) is 12.4. The summed E-state index contributed by atoms with van der Waals surface area (Å²) < 4.78 is 0. The predicted octanol–water partition coefficient (Wildman–Crippen LogP) is 0.779. The van der Waals surface area contributed by atoms with Crippen LogP contribution in [0.15, 0.2) is 29.1 Å². The summed E-state index contributed by atoms with van der Waals surface area (Å²) in [6.45, 7) is 3.93. The molecule has 3 rings (SSSR count). The zero-order valence-electron chi connectivity index (χ0n) is 11.6. The lowest BCUT2D eigenvalue weighted by Crippen LogP contribution is -2.52. The number of rotatable bonds is 1. The van der Waals surface area contributed by atoms with Crippen molar-refractivity contribution in [3.05, 3.63) is 40.2 Å². The number of amides is 1. The molecule has 7 heteroatoms. The maximum absolute atomic E-state index is 12.4. The summed E-state index contributed by atoms with van der Waals surface area (Å²) in [6.07, 6.45) is 0. The number of benzene rings is 1. The highest BCUT2D eigenvalue weighted by Gasteiger charge is 2.25. The van der Waals surface area contributed by atoms with Crippen molar-refractivity contribution in [2.75, 3.05) is 19.6 Å². The molecule has 6 nitrogen and oxygen atoms in total. The topological polar surface area (TPSA) is 78.1 Å². The quantitative estimate of drug-likeness (QED) is 0.816. The van der Waals surface area contributed by atoms with Crippen LogP contribution in [0.1, 0.15) is 17.4 Å². The zero-order chi connectivity index (χ0) is 14.1. The largest absolute Gasteiger partial charge is 0.334 e. The van der Waals surface area contributed by atoms with Crippen molar-refractivity contribution >= 4 is 29.2 Å². The van der Waals surface area contributed by atoms with Crippen LogP contribution in [-0.4, -0.2) is 46.7 Å². The molecular weight excluding hydrogens is 292 g/mol. The number of nitrogens with one attached hydrogen (secondary N) is 2. The Bertz CT molecular complexity index is 715. The van der Waals surface area contributed by atoms with Gasteiger partial charge in [0.25, 0.3) is 5.91 Å². The van der Waals surface area contributed by atoms with E-state index in [4.69, 9.17) is 0 Å². The normalized spacial score (nSPS) is 18.3. The summed E-state index contributed by atoms with van der Waals surface area (Å²) in [6, 6.07) is 7.29. The minimum absolute atomic E-state index is 0. The van der Waals surface area contributed by atoms with Crippen LogP contribution in [0.4, 0.5) is 0 Å².